The number of nitrogens with zero attached hydrogens (tertiary/aromatic N) is 2. The Balaban J connectivity index is 0.00000288. The van der Waals surface area contributed by atoms with Gasteiger partial charge in [0.1, 0.15) is 0 Å². The minimum atomic E-state index is -3.61. The maximum atomic E-state index is 12.3. The SMILES string of the molecule is COCCNCCNS(=O)(=O)c1ccc2c(c1)n(C)c(=O)n2C.Cl. The van der Waals surface area contributed by atoms with Crippen molar-refractivity contribution in [2.24, 2.45) is 14.1 Å². The first-order chi connectivity index (χ1) is 10.9. The molecule has 1 heterocycles. The molecule has 0 aliphatic heterocycles. The number of hydrogen-bond donors (Lipinski definition) is 2. The fourth-order valence-electron chi connectivity index (χ4n) is 2.31. The number of fused-ring (bicyclic) bond motifs is 1. The summed E-state index contributed by atoms with van der Waals surface area (Å²) in [6.07, 6.45) is 0. The molecule has 0 atom stereocenters. The van der Waals surface area contributed by atoms with Gasteiger partial charge in [-0.1, -0.05) is 0 Å². The number of rotatable bonds is 8. The molecule has 0 amide bonds. The second-order valence-corrected chi connectivity index (χ2v) is 6.96. The summed E-state index contributed by atoms with van der Waals surface area (Å²) in [6.45, 7) is 2.02. The van der Waals surface area contributed by atoms with Gasteiger partial charge in [0.2, 0.25) is 10.0 Å². The Hall–Kier alpha value is -1.39. The molecular weight excluding hydrogens is 356 g/mol. The number of methoxy groups -OCH3 is 1. The molecule has 136 valence electrons. The summed E-state index contributed by atoms with van der Waals surface area (Å²) in [7, 11) is 1.27. The minimum Gasteiger partial charge on any atom is -0.383 e. The molecule has 0 saturated carbocycles. The lowest BCUT2D eigenvalue weighted by Crippen LogP contribution is -2.33. The molecule has 1 aromatic carbocycles. The molecule has 0 saturated heterocycles. The lowest BCUT2D eigenvalue weighted by atomic mass is 10.3. The number of benzene rings is 1. The molecule has 0 bridgehead atoms. The van der Waals surface area contributed by atoms with Crippen molar-refractivity contribution in [1.29, 1.82) is 0 Å². The molecule has 0 unspecified atom stereocenters. The molecule has 24 heavy (non-hydrogen) atoms. The number of ether oxygens (including phenoxy) is 1. The summed E-state index contributed by atoms with van der Waals surface area (Å²) in [6, 6.07) is 4.65. The smallest absolute Gasteiger partial charge is 0.328 e. The molecule has 2 N–H and O–H groups in total. The lowest BCUT2D eigenvalue weighted by Gasteiger charge is -2.08. The molecule has 0 spiro atoms. The van der Waals surface area contributed by atoms with Crippen LogP contribution in [0.4, 0.5) is 0 Å². The quantitative estimate of drug-likeness (QED) is 0.621. The summed E-state index contributed by atoms with van der Waals surface area (Å²) >= 11 is 0. The Morgan fingerprint density at radius 2 is 1.75 bits per heavy atom. The second-order valence-electron chi connectivity index (χ2n) is 5.19. The number of sulfonamides is 1. The summed E-state index contributed by atoms with van der Waals surface area (Å²) in [5.41, 5.74) is 1.08. The number of hydrogen-bond acceptors (Lipinski definition) is 5. The third-order valence-electron chi connectivity index (χ3n) is 3.63. The van der Waals surface area contributed by atoms with E-state index in [4.69, 9.17) is 4.74 Å². The van der Waals surface area contributed by atoms with E-state index in [0.29, 0.717) is 30.7 Å². The second kappa shape index (κ2) is 8.63. The van der Waals surface area contributed by atoms with Crippen molar-refractivity contribution in [3.05, 3.63) is 28.7 Å². The number of aryl methyl sites for hydroxylation is 2. The van der Waals surface area contributed by atoms with Gasteiger partial charge >= 0.3 is 5.69 Å². The highest BCUT2D eigenvalue weighted by atomic mass is 35.5. The summed E-state index contributed by atoms with van der Waals surface area (Å²) < 4.78 is 35.0. The van der Waals surface area contributed by atoms with Crippen LogP contribution in [0, 0.1) is 0 Å². The van der Waals surface area contributed by atoms with Gasteiger partial charge in [-0.05, 0) is 18.2 Å². The molecular formula is C14H23ClN4O4S. The number of nitrogens with one attached hydrogen (secondary N) is 2. The predicted molar refractivity (Wildman–Crippen MR) is 95.3 cm³/mol. The fourth-order valence-corrected chi connectivity index (χ4v) is 3.36. The van der Waals surface area contributed by atoms with Crippen LogP contribution in [0.2, 0.25) is 0 Å². The van der Waals surface area contributed by atoms with E-state index in [1.807, 2.05) is 0 Å². The molecule has 1 aromatic heterocycles. The van der Waals surface area contributed by atoms with Crippen LogP contribution in [0.5, 0.6) is 0 Å². The van der Waals surface area contributed by atoms with Gasteiger partial charge in [0.15, 0.2) is 0 Å². The van der Waals surface area contributed by atoms with Crippen molar-refractivity contribution in [1.82, 2.24) is 19.2 Å². The van der Waals surface area contributed by atoms with Crippen LogP contribution in [0.25, 0.3) is 11.0 Å². The zero-order chi connectivity index (χ0) is 17.0. The van der Waals surface area contributed by atoms with Crippen molar-refractivity contribution in [3.8, 4) is 0 Å². The predicted octanol–water partition coefficient (Wildman–Crippen LogP) is -0.187. The largest absolute Gasteiger partial charge is 0.383 e. The average Bonchev–Trinajstić information content (AvgIpc) is 2.75. The summed E-state index contributed by atoms with van der Waals surface area (Å²) in [4.78, 5) is 12.0. The zero-order valence-electron chi connectivity index (χ0n) is 13.9. The Kier molecular flexibility index (Phi) is 7.43. The van der Waals surface area contributed by atoms with E-state index in [1.54, 1.807) is 27.3 Å². The summed E-state index contributed by atoms with van der Waals surface area (Å²) in [5, 5.41) is 3.06. The maximum Gasteiger partial charge on any atom is 0.328 e. The van der Waals surface area contributed by atoms with Crippen LogP contribution in [-0.4, -0.2) is 50.9 Å². The normalized spacial score (nSPS) is 11.6. The van der Waals surface area contributed by atoms with Gasteiger partial charge in [-0.2, -0.15) is 0 Å². The lowest BCUT2D eigenvalue weighted by molar-refractivity contribution is 0.199. The Bertz CT molecular complexity index is 844. The van der Waals surface area contributed by atoms with E-state index in [1.165, 1.54) is 21.3 Å². The summed E-state index contributed by atoms with van der Waals surface area (Å²) in [5.74, 6) is 0. The van der Waals surface area contributed by atoms with Gasteiger partial charge < -0.3 is 10.1 Å². The molecule has 0 aliphatic carbocycles. The van der Waals surface area contributed by atoms with E-state index in [0.717, 1.165) is 0 Å². The van der Waals surface area contributed by atoms with E-state index in [-0.39, 0.29) is 29.5 Å². The van der Waals surface area contributed by atoms with Crippen LogP contribution in [0.15, 0.2) is 27.9 Å². The first-order valence-electron chi connectivity index (χ1n) is 7.23. The first-order valence-corrected chi connectivity index (χ1v) is 8.71. The highest BCUT2D eigenvalue weighted by molar-refractivity contribution is 7.89. The minimum absolute atomic E-state index is 0. The third kappa shape index (κ3) is 4.37. The molecule has 2 rings (SSSR count). The van der Waals surface area contributed by atoms with Crippen LogP contribution >= 0.6 is 12.4 Å². The number of imidazole rings is 1. The highest BCUT2D eigenvalue weighted by Crippen LogP contribution is 2.17. The topological polar surface area (TPSA) is 94.4 Å². The van der Waals surface area contributed by atoms with Crippen molar-refractivity contribution < 1.29 is 13.2 Å². The molecule has 0 fully saturated rings. The first kappa shape index (κ1) is 20.7. The Morgan fingerprint density at radius 1 is 1.08 bits per heavy atom. The van der Waals surface area contributed by atoms with Gasteiger partial charge in [-0.15, -0.1) is 12.4 Å². The molecule has 10 heteroatoms. The van der Waals surface area contributed by atoms with Gasteiger partial charge in [0, 0.05) is 40.8 Å². The van der Waals surface area contributed by atoms with Crippen LogP contribution in [0.1, 0.15) is 0 Å². The van der Waals surface area contributed by atoms with Crippen molar-refractivity contribution in [2.45, 2.75) is 4.90 Å². The van der Waals surface area contributed by atoms with Gasteiger partial charge in [-0.25, -0.2) is 17.9 Å². The standard InChI is InChI=1S/C14H22N4O4S.ClH/c1-17-12-5-4-11(10-13(12)18(2)14(17)19)23(20,21)16-7-6-15-8-9-22-3;/h4-5,10,15-16H,6-9H2,1-3H3;1H. The van der Waals surface area contributed by atoms with E-state index < -0.39 is 10.0 Å². The Labute approximate surface area is 147 Å². The van der Waals surface area contributed by atoms with Crippen molar-refractivity contribution in [2.75, 3.05) is 33.4 Å². The number of aromatic nitrogens is 2. The monoisotopic (exact) mass is 378 g/mol. The molecule has 0 aliphatic rings. The highest BCUT2D eigenvalue weighted by Gasteiger charge is 2.16. The third-order valence-corrected chi connectivity index (χ3v) is 5.09. The number of halogens is 1. The molecule has 8 nitrogen and oxygen atoms in total. The maximum absolute atomic E-state index is 12.3. The molecule has 2 aromatic rings. The van der Waals surface area contributed by atoms with E-state index >= 15 is 0 Å². The Morgan fingerprint density at radius 3 is 2.42 bits per heavy atom. The van der Waals surface area contributed by atoms with Crippen molar-refractivity contribution >= 4 is 33.5 Å². The van der Waals surface area contributed by atoms with Crippen LogP contribution < -0.4 is 15.7 Å². The fraction of sp³-hybridized carbons (Fsp3) is 0.500. The van der Waals surface area contributed by atoms with Crippen LogP contribution in [0.3, 0.4) is 0 Å². The average molecular weight is 379 g/mol. The van der Waals surface area contributed by atoms with Gasteiger partial charge in [0.05, 0.1) is 22.5 Å². The van der Waals surface area contributed by atoms with E-state index in [9.17, 15) is 13.2 Å². The zero-order valence-corrected chi connectivity index (χ0v) is 15.5. The van der Waals surface area contributed by atoms with E-state index in [2.05, 4.69) is 10.0 Å². The van der Waals surface area contributed by atoms with Crippen molar-refractivity contribution in [3.63, 3.8) is 0 Å². The molecule has 0 radical (unpaired) electrons. The van der Waals surface area contributed by atoms with Crippen LogP contribution in [-0.2, 0) is 28.9 Å². The van der Waals surface area contributed by atoms with Gasteiger partial charge in [-0.3, -0.25) is 9.13 Å². The van der Waals surface area contributed by atoms with Gasteiger partial charge in [0.25, 0.3) is 0 Å².